The van der Waals surface area contributed by atoms with E-state index in [1.165, 1.54) is 10.8 Å². The zero-order valence-electron chi connectivity index (χ0n) is 12.4. The van der Waals surface area contributed by atoms with Crippen LogP contribution < -0.4 is 10.6 Å². The number of piperidine rings is 1. The van der Waals surface area contributed by atoms with Crippen molar-refractivity contribution in [2.75, 3.05) is 6.54 Å². The summed E-state index contributed by atoms with van der Waals surface area (Å²) in [6, 6.07) is 15.2. The highest BCUT2D eigenvalue weighted by molar-refractivity contribution is 5.90. The van der Waals surface area contributed by atoms with Crippen molar-refractivity contribution in [2.24, 2.45) is 0 Å². The second kappa shape index (κ2) is 6.27. The topological polar surface area (TPSA) is 41.1 Å². The number of fused-ring (bicyclic) bond motifs is 1. The lowest BCUT2D eigenvalue weighted by Crippen LogP contribution is -2.49. The molecule has 2 atom stereocenters. The largest absolute Gasteiger partial charge is 0.352 e. The number of hydrogen-bond acceptors (Lipinski definition) is 2. The number of nitrogens with one attached hydrogen (secondary N) is 2. The molecule has 2 unspecified atom stereocenters. The van der Waals surface area contributed by atoms with Gasteiger partial charge in [0.05, 0.1) is 6.42 Å². The Kier molecular flexibility index (Phi) is 4.20. The summed E-state index contributed by atoms with van der Waals surface area (Å²) in [7, 11) is 0. The predicted octanol–water partition coefficient (Wildman–Crippen LogP) is 2.64. The van der Waals surface area contributed by atoms with Gasteiger partial charge in [0.1, 0.15) is 0 Å². The predicted molar refractivity (Wildman–Crippen MR) is 86.3 cm³/mol. The van der Waals surface area contributed by atoms with Gasteiger partial charge >= 0.3 is 0 Å². The van der Waals surface area contributed by atoms with Gasteiger partial charge < -0.3 is 10.6 Å². The van der Waals surface area contributed by atoms with E-state index in [-0.39, 0.29) is 11.9 Å². The van der Waals surface area contributed by atoms with Crippen LogP contribution in [0.25, 0.3) is 10.8 Å². The summed E-state index contributed by atoms with van der Waals surface area (Å²) in [4.78, 5) is 12.3. The van der Waals surface area contributed by atoms with Gasteiger partial charge in [-0.25, -0.2) is 0 Å². The van der Waals surface area contributed by atoms with E-state index in [1.807, 2.05) is 24.3 Å². The molecule has 21 heavy (non-hydrogen) atoms. The van der Waals surface area contributed by atoms with Crippen LogP contribution in [0, 0.1) is 0 Å². The quantitative estimate of drug-likeness (QED) is 0.908. The van der Waals surface area contributed by atoms with Crippen LogP contribution in [0.5, 0.6) is 0 Å². The molecular weight excluding hydrogens is 260 g/mol. The fourth-order valence-electron chi connectivity index (χ4n) is 3.02. The highest BCUT2D eigenvalue weighted by Gasteiger charge is 2.19. The molecule has 1 amide bonds. The van der Waals surface area contributed by atoms with Crippen LogP contribution >= 0.6 is 0 Å². The number of hydrogen-bond donors (Lipinski definition) is 2. The minimum Gasteiger partial charge on any atom is -0.352 e. The van der Waals surface area contributed by atoms with Crippen molar-refractivity contribution in [1.29, 1.82) is 0 Å². The first kappa shape index (κ1) is 14.1. The molecule has 0 spiro atoms. The molecule has 110 valence electrons. The van der Waals surface area contributed by atoms with Crippen LogP contribution in [0.1, 0.15) is 25.3 Å². The molecule has 0 aromatic heterocycles. The maximum atomic E-state index is 12.3. The van der Waals surface area contributed by atoms with Crippen LogP contribution in [0.15, 0.2) is 42.5 Å². The lowest BCUT2D eigenvalue weighted by atomic mass is 10.00. The molecule has 2 N–H and O–H groups in total. The van der Waals surface area contributed by atoms with E-state index in [2.05, 4.69) is 35.8 Å². The Morgan fingerprint density at radius 3 is 2.81 bits per heavy atom. The van der Waals surface area contributed by atoms with E-state index in [9.17, 15) is 4.79 Å². The van der Waals surface area contributed by atoms with Gasteiger partial charge in [-0.2, -0.15) is 0 Å². The molecule has 0 saturated carbocycles. The Labute approximate surface area is 125 Å². The maximum Gasteiger partial charge on any atom is 0.224 e. The first-order chi connectivity index (χ1) is 10.2. The van der Waals surface area contributed by atoms with Crippen LogP contribution in [0.3, 0.4) is 0 Å². The van der Waals surface area contributed by atoms with Crippen LogP contribution in [0.2, 0.25) is 0 Å². The lowest BCUT2D eigenvalue weighted by molar-refractivity contribution is -0.121. The van der Waals surface area contributed by atoms with Crippen LogP contribution in [0.4, 0.5) is 0 Å². The maximum absolute atomic E-state index is 12.3. The van der Waals surface area contributed by atoms with Crippen molar-refractivity contribution < 1.29 is 4.79 Å². The molecule has 2 aromatic carbocycles. The van der Waals surface area contributed by atoms with Gasteiger partial charge in [-0.15, -0.1) is 0 Å². The molecular formula is C18H22N2O. The van der Waals surface area contributed by atoms with Crippen molar-refractivity contribution in [3.8, 4) is 0 Å². The van der Waals surface area contributed by atoms with Crippen LogP contribution in [-0.4, -0.2) is 24.5 Å². The zero-order valence-corrected chi connectivity index (χ0v) is 12.4. The average Bonchev–Trinajstić information content (AvgIpc) is 2.50. The first-order valence-corrected chi connectivity index (χ1v) is 7.72. The summed E-state index contributed by atoms with van der Waals surface area (Å²) in [5, 5.41) is 8.93. The number of carbonyl (C=O) groups excluding carboxylic acids is 1. The average molecular weight is 282 g/mol. The summed E-state index contributed by atoms with van der Waals surface area (Å²) in [5.74, 6) is 0.118. The fourth-order valence-corrected chi connectivity index (χ4v) is 3.02. The molecule has 3 rings (SSSR count). The second-order valence-corrected chi connectivity index (χ2v) is 5.97. The third-order valence-electron chi connectivity index (χ3n) is 4.26. The van der Waals surface area contributed by atoms with E-state index in [1.54, 1.807) is 0 Å². The highest BCUT2D eigenvalue weighted by Crippen LogP contribution is 2.19. The third kappa shape index (κ3) is 3.42. The standard InChI is InChI=1S/C18H22N2O/c1-13-9-10-16(12-19-13)20-18(21)11-15-7-4-6-14-5-2-3-8-17(14)15/h2-8,13,16,19H,9-12H2,1H3,(H,20,21). The van der Waals surface area contributed by atoms with Crippen molar-refractivity contribution >= 4 is 16.7 Å². The molecule has 1 aliphatic rings. The Bertz CT molecular complexity index is 625. The van der Waals surface area contributed by atoms with Gasteiger partial charge in [-0.1, -0.05) is 42.5 Å². The van der Waals surface area contributed by atoms with E-state index < -0.39 is 0 Å². The summed E-state index contributed by atoms with van der Waals surface area (Å²) in [5.41, 5.74) is 1.10. The van der Waals surface area contributed by atoms with E-state index in [0.29, 0.717) is 12.5 Å². The van der Waals surface area contributed by atoms with Gasteiger partial charge in [0.25, 0.3) is 0 Å². The summed E-state index contributed by atoms with van der Waals surface area (Å²) < 4.78 is 0. The molecule has 0 bridgehead atoms. The monoisotopic (exact) mass is 282 g/mol. The number of rotatable bonds is 3. The zero-order chi connectivity index (χ0) is 14.7. The molecule has 1 heterocycles. The molecule has 1 saturated heterocycles. The number of carbonyl (C=O) groups is 1. The Hall–Kier alpha value is -1.87. The van der Waals surface area contributed by atoms with Crippen molar-refractivity contribution in [2.45, 2.75) is 38.3 Å². The number of benzene rings is 2. The van der Waals surface area contributed by atoms with E-state index in [4.69, 9.17) is 0 Å². The Morgan fingerprint density at radius 1 is 1.19 bits per heavy atom. The fraction of sp³-hybridized carbons (Fsp3) is 0.389. The van der Waals surface area contributed by atoms with Gasteiger partial charge in [0.2, 0.25) is 5.91 Å². The van der Waals surface area contributed by atoms with Gasteiger partial charge in [-0.05, 0) is 36.1 Å². The molecule has 1 fully saturated rings. The lowest BCUT2D eigenvalue weighted by Gasteiger charge is -2.28. The molecule has 0 aliphatic carbocycles. The molecule has 1 aliphatic heterocycles. The minimum atomic E-state index is 0.118. The van der Waals surface area contributed by atoms with E-state index >= 15 is 0 Å². The SMILES string of the molecule is CC1CCC(NC(=O)Cc2cccc3ccccc23)CN1. The Balaban J connectivity index is 1.66. The van der Waals surface area contributed by atoms with Crippen molar-refractivity contribution in [3.63, 3.8) is 0 Å². The third-order valence-corrected chi connectivity index (χ3v) is 4.26. The first-order valence-electron chi connectivity index (χ1n) is 7.72. The minimum absolute atomic E-state index is 0.118. The van der Waals surface area contributed by atoms with Crippen molar-refractivity contribution in [3.05, 3.63) is 48.0 Å². The summed E-state index contributed by atoms with van der Waals surface area (Å²) in [6.45, 7) is 3.07. The molecule has 3 heteroatoms. The van der Waals surface area contributed by atoms with Gasteiger partial charge in [-0.3, -0.25) is 4.79 Å². The second-order valence-electron chi connectivity index (χ2n) is 5.97. The normalized spacial score (nSPS) is 22.1. The number of amides is 1. The van der Waals surface area contributed by atoms with E-state index in [0.717, 1.165) is 24.9 Å². The molecule has 0 radical (unpaired) electrons. The summed E-state index contributed by atoms with van der Waals surface area (Å²) >= 11 is 0. The smallest absolute Gasteiger partial charge is 0.224 e. The summed E-state index contributed by atoms with van der Waals surface area (Å²) in [6.07, 6.45) is 2.64. The molecule has 3 nitrogen and oxygen atoms in total. The van der Waals surface area contributed by atoms with Gasteiger partial charge in [0, 0.05) is 18.6 Å². The van der Waals surface area contributed by atoms with Crippen LogP contribution in [-0.2, 0) is 11.2 Å². The highest BCUT2D eigenvalue weighted by atomic mass is 16.1. The van der Waals surface area contributed by atoms with Crippen molar-refractivity contribution in [1.82, 2.24) is 10.6 Å². The Morgan fingerprint density at radius 2 is 2.00 bits per heavy atom. The molecule has 2 aromatic rings. The van der Waals surface area contributed by atoms with Gasteiger partial charge in [0.15, 0.2) is 0 Å².